The zero-order chi connectivity index (χ0) is 12.5. The lowest BCUT2D eigenvalue weighted by Gasteiger charge is -2.04. The van der Waals surface area contributed by atoms with Crippen LogP contribution in [0.25, 0.3) is 0 Å². The average Bonchev–Trinajstić information content (AvgIpc) is 2.37. The molecule has 0 aliphatic heterocycles. The van der Waals surface area contributed by atoms with Crippen LogP contribution in [0.4, 0.5) is 0 Å². The van der Waals surface area contributed by atoms with E-state index in [1.54, 1.807) is 24.3 Å². The molecule has 1 rings (SSSR count). The molecule has 1 amide bonds. The maximum atomic E-state index is 11.6. The molecule has 17 heavy (non-hydrogen) atoms. The predicted molar refractivity (Wildman–Crippen MR) is 64.9 cm³/mol. The van der Waals surface area contributed by atoms with E-state index in [1.807, 2.05) is 13.0 Å². The second-order valence-corrected chi connectivity index (χ2v) is 3.53. The van der Waals surface area contributed by atoms with E-state index < -0.39 is 0 Å². The van der Waals surface area contributed by atoms with Gasteiger partial charge in [-0.1, -0.05) is 18.2 Å². The fraction of sp³-hybridized carbons (Fsp3) is 0.385. The van der Waals surface area contributed by atoms with Gasteiger partial charge in [0, 0.05) is 18.6 Å². The van der Waals surface area contributed by atoms with Gasteiger partial charge in [-0.15, -0.1) is 0 Å². The van der Waals surface area contributed by atoms with Gasteiger partial charge < -0.3 is 10.1 Å². The Balaban J connectivity index is 2.26. The fourth-order valence-corrected chi connectivity index (χ4v) is 1.29. The summed E-state index contributed by atoms with van der Waals surface area (Å²) in [6.07, 6.45) is 0.336. The smallest absolute Gasteiger partial charge is 0.251 e. The van der Waals surface area contributed by atoms with Crippen LogP contribution in [0.1, 0.15) is 23.7 Å². The third kappa shape index (κ3) is 5.26. The van der Waals surface area contributed by atoms with Gasteiger partial charge in [-0.3, -0.25) is 9.59 Å². The van der Waals surface area contributed by atoms with Crippen molar-refractivity contribution in [3.63, 3.8) is 0 Å². The van der Waals surface area contributed by atoms with Crippen LogP contribution in [-0.4, -0.2) is 31.4 Å². The van der Waals surface area contributed by atoms with E-state index in [4.69, 9.17) is 4.74 Å². The van der Waals surface area contributed by atoms with Crippen molar-refractivity contribution in [2.45, 2.75) is 13.3 Å². The van der Waals surface area contributed by atoms with Crippen LogP contribution in [0.3, 0.4) is 0 Å². The minimum atomic E-state index is -0.227. The van der Waals surface area contributed by atoms with Gasteiger partial charge in [-0.05, 0) is 19.1 Å². The first-order valence-electron chi connectivity index (χ1n) is 5.66. The number of Topliss-reactive ketones (excluding diaryl/α,β-unsaturated/α-hetero) is 1. The summed E-state index contributed by atoms with van der Waals surface area (Å²) in [5, 5.41) is 2.58. The second kappa shape index (κ2) is 7.57. The Morgan fingerprint density at radius 1 is 1.24 bits per heavy atom. The Hall–Kier alpha value is -1.68. The molecule has 1 N–H and O–H groups in total. The largest absolute Gasteiger partial charge is 0.381 e. The predicted octanol–water partition coefficient (Wildman–Crippen LogP) is 1.41. The Kier molecular flexibility index (Phi) is 5.96. The number of nitrogens with one attached hydrogen (secondary N) is 1. The summed E-state index contributed by atoms with van der Waals surface area (Å²) in [5.41, 5.74) is 0.560. The van der Waals surface area contributed by atoms with E-state index in [2.05, 4.69) is 5.32 Å². The number of rotatable bonds is 7. The second-order valence-electron chi connectivity index (χ2n) is 3.53. The van der Waals surface area contributed by atoms with Gasteiger partial charge in [0.15, 0.2) is 5.78 Å². The van der Waals surface area contributed by atoms with Crippen molar-refractivity contribution < 1.29 is 14.3 Å². The van der Waals surface area contributed by atoms with Crippen molar-refractivity contribution in [2.24, 2.45) is 0 Å². The maximum Gasteiger partial charge on any atom is 0.251 e. The molecule has 4 nitrogen and oxygen atoms in total. The molecular weight excluding hydrogens is 218 g/mol. The summed E-state index contributed by atoms with van der Waals surface area (Å²) in [7, 11) is 0. The number of carbonyl (C=O) groups excluding carboxylic acids is 2. The zero-order valence-corrected chi connectivity index (χ0v) is 9.94. The molecule has 92 valence electrons. The molecule has 0 heterocycles. The van der Waals surface area contributed by atoms with Crippen LogP contribution >= 0.6 is 0 Å². The number of carbonyl (C=O) groups is 2. The Morgan fingerprint density at radius 3 is 2.59 bits per heavy atom. The quantitative estimate of drug-likeness (QED) is 0.727. The molecule has 4 heteroatoms. The first kappa shape index (κ1) is 13.4. The lowest BCUT2D eigenvalue weighted by atomic mass is 10.2. The molecule has 0 aliphatic carbocycles. The molecule has 0 unspecified atom stereocenters. The van der Waals surface area contributed by atoms with Crippen LogP contribution < -0.4 is 5.32 Å². The first-order valence-corrected chi connectivity index (χ1v) is 5.66. The minimum absolute atomic E-state index is 0.0252. The van der Waals surface area contributed by atoms with E-state index in [0.717, 1.165) is 0 Å². The number of hydrogen-bond acceptors (Lipinski definition) is 3. The Morgan fingerprint density at radius 2 is 1.94 bits per heavy atom. The molecule has 0 aromatic heterocycles. The van der Waals surface area contributed by atoms with Crippen LogP contribution in [0.2, 0.25) is 0 Å². The minimum Gasteiger partial charge on any atom is -0.381 e. The maximum absolute atomic E-state index is 11.6. The van der Waals surface area contributed by atoms with Gasteiger partial charge in [0.2, 0.25) is 0 Å². The van der Waals surface area contributed by atoms with Crippen molar-refractivity contribution in [1.29, 1.82) is 0 Å². The van der Waals surface area contributed by atoms with Crippen LogP contribution in [-0.2, 0) is 9.53 Å². The summed E-state index contributed by atoms with van der Waals surface area (Å²) >= 11 is 0. The first-order chi connectivity index (χ1) is 8.24. The third-order valence-electron chi connectivity index (χ3n) is 2.21. The third-order valence-corrected chi connectivity index (χ3v) is 2.21. The highest BCUT2D eigenvalue weighted by Crippen LogP contribution is 1.97. The summed E-state index contributed by atoms with van der Waals surface area (Å²) in [5.74, 6) is -0.252. The van der Waals surface area contributed by atoms with Crippen LogP contribution in [0, 0.1) is 0 Å². The van der Waals surface area contributed by atoms with E-state index in [-0.39, 0.29) is 18.2 Å². The molecule has 0 saturated heterocycles. The summed E-state index contributed by atoms with van der Waals surface area (Å²) < 4.78 is 5.06. The van der Waals surface area contributed by atoms with Gasteiger partial charge in [0.25, 0.3) is 5.91 Å². The Bertz CT molecular complexity index is 362. The number of benzene rings is 1. The molecule has 0 aliphatic rings. The molecule has 0 fully saturated rings. The van der Waals surface area contributed by atoms with Gasteiger partial charge in [0.05, 0.1) is 13.2 Å². The number of ether oxygens (including phenoxy) is 1. The summed E-state index contributed by atoms with van der Waals surface area (Å²) in [6, 6.07) is 8.82. The molecule has 0 bridgehead atoms. The summed E-state index contributed by atoms with van der Waals surface area (Å²) in [6.45, 7) is 2.95. The van der Waals surface area contributed by atoms with E-state index in [9.17, 15) is 9.59 Å². The van der Waals surface area contributed by atoms with Gasteiger partial charge >= 0.3 is 0 Å². The van der Waals surface area contributed by atoms with Crippen molar-refractivity contribution in [3.05, 3.63) is 35.9 Å². The number of ketones is 1. The van der Waals surface area contributed by atoms with Gasteiger partial charge in [-0.2, -0.15) is 0 Å². The molecule has 1 aromatic rings. The van der Waals surface area contributed by atoms with Crippen molar-refractivity contribution in [1.82, 2.24) is 5.32 Å². The van der Waals surface area contributed by atoms with Crippen LogP contribution in [0.15, 0.2) is 30.3 Å². The monoisotopic (exact) mass is 235 g/mol. The van der Waals surface area contributed by atoms with Gasteiger partial charge in [0.1, 0.15) is 0 Å². The lowest BCUT2D eigenvalue weighted by Crippen LogP contribution is -2.29. The highest BCUT2D eigenvalue weighted by Gasteiger charge is 2.07. The highest BCUT2D eigenvalue weighted by molar-refractivity contribution is 5.96. The molecular formula is C13H17NO3. The SMILES string of the molecule is CCOCCC(=O)CNC(=O)c1ccccc1. The van der Waals surface area contributed by atoms with Crippen molar-refractivity contribution >= 4 is 11.7 Å². The zero-order valence-electron chi connectivity index (χ0n) is 9.94. The standard InChI is InChI=1S/C13H17NO3/c1-2-17-9-8-12(15)10-14-13(16)11-6-4-3-5-7-11/h3-7H,2,8-10H2,1H3,(H,14,16). The lowest BCUT2D eigenvalue weighted by molar-refractivity contribution is -0.119. The van der Waals surface area contributed by atoms with Gasteiger partial charge in [-0.25, -0.2) is 0 Å². The number of hydrogen-bond donors (Lipinski definition) is 1. The van der Waals surface area contributed by atoms with E-state index >= 15 is 0 Å². The highest BCUT2D eigenvalue weighted by atomic mass is 16.5. The summed E-state index contributed by atoms with van der Waals surface area (Å²) in [4.78, 5) is 22.9. The molecule has 0 atom stereocenters. The molecule has 0 spiro atoms. The van der Waals surface area contributed by atoms with Crippen molar-refractivity contribution in [2.75, 3.05) is 19.8 Å². The molecule has 1 aromatic carbocycles. The average molecular weight is 235 g/mol. The van der Waals surface area contributed by atoms with Crippen LogP contribution in [0.5, 0.6) is 0 Å². The van der Waals surface area contributed by atoms with E-state index in [0.29, 0.717) is 25.2 Å². The van der Waals surface area contributed by atoms with Crippen molar-refractivity contribution in [3.8, 4) is 0 Å². The number of amides is 1. The van der Waals surface area contributed by atoms with E-state index in [1.165, 1.54) is 0 Å². The molecule has 0 radical (unpaired) electrons. The fourth-order valence-electron chi connectivity index (χ4n) is 1.29. The topological polar surface area (TPSA) is 55.4 Å². The molecule has 0 saturated carbocycles. The normalized spacial score (nSPS) is 9.94. The Labute approximate surface area is 101 Å².